The Morgan fingerprint density at radius 1 is 1.00 bits per heavy atom. The number of allylic oxidation sites excluding steroid dienone is 1. The Morgan fingerprint density at radius 2 is 1.85 bits per heavy atom. The Balaban J connectivity index is 1.34. The molecule has 3 saturated carbocycles. The van der Waals surface area contributed by atoms with Crippen molar-refractivity contribution in [2.75, 3.05) is 6.61 Å². The van der Waals surface area contributed by atoms with E-state index in [1.807, 2.05) is 0 Å². The highest BCUT2D eigenvalue weighted by Crippen LogP contribution is 2.59. The predicted molar refractivity (Wildman–Crippen MR) is 107 cm³/mol. The van der Waals surface area contributed by atoms with Crippen LogP contribution in [0.3, 0.4) is 0 Å². The third-order valence-electron chi connectivity index (χ3n) is 8.29. The van der Waals surface area contributed by atoms with Gasteiger partial charge >= 0.3 is 0 Å². The fourth-order valence-corrected chi connectivity index (χ4v) is 7.17. The molecule has 2 heteroatoms. The van der Waals surface area contributed by atoms with E-state index in [2.05, 4.69) is 43.3 Å². The van der Waals surface area contributed by atoms with Gasteiger partial charge in [-0.2, -0.15) is 0 Å². The number of ketones is 1. The van der Waals surface area contributed by atoms with E-state index in [0.29, 0.717) is 30.1 Å². The van der Waals surface area contributed by atoms with Crippen LogP contribution in [-0.4, -0.2) is 12.4 Å². The van der Waals surface area contributed by atoms with Crippen LogP contribution >= 0.6 is 0 Å². The molecule has 4 aliphatic rings. The Labute approximate surface area is 163 Å². The molecular formula is C25H32O2. The molecule has 0 spiro atoms. The maximum absolute atomic E-state index is 12.6. The van der Waals surface area contributed by atoms with Crippen LogP contribution in [0.4, 0.5) is 0 Å². The van der Waals surface area contributed by atoms with E-state index < -0.39 is 0 Å². The molecule has 0 heterocycles. The van der Waals surface area contributed by atoms with E-state index in [4.69, 9.17) is 4.74 Å². The minimum Gasteiger partial charge on any atom is -0.376 e. The van der Waals surface area contributed by atoms with Crippen molar-refractivity contribution < 1.29 is 9.53 Å². The molecule has 0 radical (unpaired) electrons. The average molecular weight is 365 g/mol. The number of hydrogen-bond donors (Lipinski definition) is 0. The highest BCUT2D eigenvalue weighted by Gasteiger charge is 2.55. The van der Waals surface area contributed by atoms with Crippen LogP contribution in [0.1, 0.15) is 51.0 Å². The van der Waals surface area contributed by atoms with Gasteiger partial charge in [0.25, 0.3) is 0 Å². The lowest BCUT2D eigenvalue weighted by atomic mass is 9.47. The zero-order valence-corrected chi connectivity index (χ0v) is 16.5. The van der Waals surface area contributed by atoms with Crippen LogP contribution < -0.4 is 0 Å². The lowest BCUT2D eigenvalue weighted by Crippen LogP contribution is -2.53. The second-order valence-electron chi connectivity index (χ2n) is 9.53. The summed E-state index contributed by atoms with van der Waals surface area (Å²) in [5.74, 6) is 5.18. The summed E-state index contributed by atoms with van der Waals surface area (Å²) in [6.07, 6.45) is 9.65. The SMILES string of the molecule is CC1=C[C@@H]2CC[C@H]3CCC(=O)[C@H]4CC[C@H]([C@@H]2[C@H]34)[C@@H]1COCc1ccccc1. The summed E-state index contributed by atoms with van der Waals surface area (Å²) in [5, 5.41) is 0. The van der Waals surface area contributed by atoms with Gasteiger partial charge in [0.1, 0.15) is 5.78 Å². The minimum absolute atomic E-state index is 0.380. The zero-order valence-electron chi connectivity index (χ0n) is 16.5. The highest BCUT2D eigenvalue weighted by molar-refractivity contribution is 5.82. The van der Waals surface area contributed by atoms with Gasteiger partial charge in [-0.3, -0.25) is 4.79 Å². The molecule has 1 aromatic rings. The largest absolute Gasteiger partial charge is 0.376 e. The van der Waals surface area contributed by atoms with Gasteiger partial charge in [0.15, 0.2) is 0 Å². The first kappa shape index (κ1) is 17.7. The molecule has 0 unspecified atom stereocenters. The van der Waals surface area contributed by atoms with E-state index in [1.54, 1.807) is 5.57 Å². The van der Waals surface area contributed by atoms with Gasteiger partial charge in [0.2, 0.25) is 0 Å². The first-order valence-corrected chi connectivity index (χ1v) is 11.0. The number of Topliss-reactive ketones (excluding diaryl/α,β-unsaturated/α-hetero) is 1. The van der Waals surface area contributed by atoms with Crippen molar-refractivity contribution in [2.45, 2.75) is 52.1 Å². The van der Waals surface area contributed by atoms with Crippen LogP contribution in [0.5, 0.6) is 0 Å². The number of hydrogen-bond acceptors (Lipinski definition) is 2. The molecule has 0 bridgehead atoms. The molecule has 144 valence electrons. The molecule has 4 aliphatic carbocycles. The van der Waals surface area contributed by atoms with Gasteiger partial charge in [-0.05, 0) is 74.2 Å². The fraction of sp³-hybridized carbons (Fsp3) is 0.640. The summed E-state index contributed by atoms with van der Waals surface area (Å²) in [4.78, 5) is 12.6. The topological polar surface area (TPSA) is 26.3 Å². The van der Waals surface area contributed by atoms with E-state index in [-0.39, 0.29) is 0 Å². The van der Waals surface area contributed by atoms with Crippen LogP contribution in [0, 0.1) is 41.4 Å². The summed E-state index contributed by atoms with van der Waals surface area (Å²) in [6, 6.07) is 10.5. The van der Waals surface area contributed by atoms with Gasteiger partial charge in [-0.25, -0.2) is 0 Å². The molecule has 5 rings (SSSR count). The molecule has 0 aromatic heterocycles. The Morgan fingerprint density at radius 3 is 2.70 bits per heavy atom. The van der Waals surface area contributed by atoms with Crippen LogP contribution in [0.2, 0.25) is 0 Å². The van der Waals surface area contributed by atoms with Gasteiger partial charge < -0.3 is 4.74 Å². The lowest BCUT2D eigenvalue weighted by molar-refractivity contribution is -0.140. The van der Waals surface area contributed by atoms with Crippen molar-refractivity contribution in [1.82, 2.24) is 0 Å². The summed E-state index contributed by atoms with van der Waals surface area (Å²) < 4.78 is 6.21. The number of rotatable bonds is 4. The van der Waals surface area contributed by atoms with Crippen LogP contribution in [-0.2, 0) is 16.1 Å². The Hall–Kier alpha value is -1.41. The minimum atomic E-state index is 0.380. The molecule has 2 nitrogen and oxygen atoms in total. The maximum atomic E-state index is 12.6. The van der Waals surface area contributed by atoms with Crippen molar-refractivity contribution in [2.24, 2.45) is 41.4 Å². The monoisotopic (exact) mass is 364 g/mol. The zero-order chi connectivity index (χ0) is 18.4. The van der Waals surface area contributed by atoms with Crippen molar-refractivity contribution in [3.63, 3.8) is 0 Å². The smallest absolute Gasteiger partial charge is 0.136 e. The van der Waals surface area contributed by atoms with E-state index >= 15 is 0 Å². The number of benzene rings is 1. The third-order valence-corrected chi connectivity index (χ3v) is 8.29. The van der Waals surface area contributed by atoms with Crippen molar-refractivity contribution in [1.29, 1.82) is 0 Å². The molecule has 1 aromatic carbocycles. The fourth-order valence-electron chi connectivity index (χ4n) is 7.17. The standard InChI is InChI=1S/C25H32O2/c1-16-13-19-8-7-18-9-12-23(26)21-11-10-20(25(19)24(18)21)22(16)15-27-14-17-5-3-2-4-6-17/h2-6,13,18-22,24-25H,7-12,14-15H2,1H3/t18-,19-,20-,21+,22+,24+,25+/m0/s1. The second kappa shape index (κ2) is 7.20. The maximum Gasteiger partial charge on any atom is 0.136 e. The molecule has 0 aliphatic heterocycles. The summed E-state index contributed by atoms with van der Waals surface area (Å²) in [5.41, 5.74) is 2.81. The first-order chi connectivity index (χ1) is 13.2. The molecule has 0 saturated heterocycles. The van der Waals surface area contributed by atoms with E-state index in [0.717, 1.165) is 49.5 Å². The third kappa shape index (κ3) is 3.10. The van der Waals surface area contributed by atoms with E-state index in [1.165, 1.54) is 24.8 Å². The Bertz CT molecular complexity index is 721. The predicted octanol–water partition coefficient (Wildman–Crippen LogP) is 5.43. The van der Waals surface area contributed by atoms with Crippen molar-refractivity contribution in [3.05, 3.63) is 47.5 Å². The van der Waals surface area contributed by atoms with Crippen LogP contribution in [0.15, 0.2) is 42.0 Å². The van der Waals surface area contributed by atoms with Gasteiger partial charge in [0, 0.05) is 18.3 Å². The molecule has 0 amide bonds. The summed E-state index contributed by atoms with van der Waals surface area (Å²) >= 11 is 0. The first-order valence-electron chi connectivity index (χ1n) is 11.0. The normalized spacial score (nSPS) is 40.3. The average Bonchev–Trinajstić information content (AvgIpc) is 2.70. The molecule has 27 heavy (non-hydrogen) atoms. The number of carbonyl (C=O) groups excluding carboxylic acids is 1. The molecule has 7 atom stereocenters. The van der Waals surface area contributed by atoms with Crippen molar-refractivity contribution >= 4 is 5.78 Å². The number of ether oxygens (including phenoxy) is 1. The van der Waals surface area contributed by atoms with Crippen LogP contribution in [0.25, 0.3) is 0 Å². The summed E-state index contributed by atoms with van der Waals surface area (Å²) in [7, 11) is 0. The molecule has 0 N–H and O–H groups in total. The lowest BCUT2D eigenvalue weighted by Gasteiger charge is -2.57. The van der Waals surface area contributed by atoms with E-state index in [9.17, 15) is 4.79 Å². The quantitative estimate of drug-likeness (QED) is 0.666. The summed E-state index contributed by atoms with van der Waals surface area (Å²) in [6.45, 7) is 3.87. The second-order valence-corrected chi connectivity index (χ2v) is 9.53. The Kier molecular flexibility index (Phi) is 4.71. The van der Waals surface area contributed by atoms with Gasteiger partial charge in [-0.1, -0.05) is 42.0 Å². The highest BCUT2D eigenvalue weighted by atomic mass is 16.5. The molecular weight excluding hydrogens is 332 g/mol. The number of carbonyl (C=O) groups is 1. The van der Waals surface area contributed by atoms with Crippen molar-refractivity contribution in [3.8, 4) is 0 Å². The van der Waals surface area contributed by atoms with Gasteiger partial charge in [-0.15, -0.1) is 0 Å². The van der Waals surface area contributed by atoms with Gasteiger partial charge in [0.05, 0.1) is 13.2 Å². The molecule has 3 fully saturated rings.